The average molecular weight is 404 g/mol. The zero-order chi connectivity index (χ0) is 20.5. The van der Waals surface area contributed by atoms with Gasteiger partial charge in [-0.3, -0.25) is 9.59 Å². The van der Waals surface area contributed by atoms with Crippen LogP contribution in [-0.4, -0.2) is 50.2 Å². The predicted molar refractivity (Wildman–Crippen MR) is 108 cm³/mol. The maximum Gasteiger partial charge on any atom is 0.271 e. The normalized spacial score (nSPS) is 10.6. The van der Waals surface area contributed by atoms with Gasteiger partial charge in [-0.15, -0.1) is 0 Å². The van der Waals surface area contributed by atoms with Gasteiger partial charge in [-0.05, 0) is 36.8 Å². The van der Waals surface area contributed by atoms with E-state index in [2.05, 4.69) is 10.5 Å². The van der Waals surface area contributed by atoms with E-state index in [4.69, 9.17) is 21.1 Å². The minimum absolute atomic E-state index is 0.159. The highest BCUT2D eigenvalue weighted by atomic mass is 35.5. The molecule has 0 aliphatic heterocycles. The number of nitrogens with one attached hydrogen (secondary N) is 1. The topological polar surface area (TPSA) is 80.2 Å². The molecule has 0 saturated carbocycles. The second-order valence-electron chi connectivity index (χ2n) is 5.90. The van der Waals surface area contributed by atoms with Crippen LogP contribution in [0.4, 0.5) is 0 Å². The van der Waals surface area contributed by atoms with Crippen molar-refractivity contribution in [1.29, 1.82) is 0 Å². The van der Waals surface area contributed by atoms with Gasteiger partial charge in [-0.25, -0.2) is 5.43 Å². The number of hydrogen-bond acceptors (Lipinski definition) is 5. The molecule has 0 radical (unpaired) electrons. The Hall–Kier alpha value is -3.06. The molecule has 0 aliphatic carbocycles. The van der Waals surface area contributed by atoms with Gasteiger partial charge in [0.15, 0.2) is 18.1 Å². The molecule has 7 nitrogen and oxygen atoms in total. The lowest BCUT2D eigenvalue weighted by atomic mass is 10.2. The standard InChI is InChI=1S/C20H22ClN3O4/c1-4-27-17-11-14(10-16(21)19(17)28-13-18(25)24(2)3)12-22-23-20(26)15-8-6-5-7-9-15/h5-12H,4,13H2,1-3H3,(H,23,26)/b22-12-. The van der Waals surface area contributed by atoms with Crippen LogP contribution < -0.4 is 14.9 Å². The summed E-state index contributed by atoms with van der Waals surface area (Å²) in [5.41, 5.74) is 3.56. The number of carbonyl (C=O) groups excluding carboxylic acids is 2. The van der Waals surface area contributed by atoms with Crippen molar-refractivity contribution in [3.63, 3.8) is 0 Å². The summed E-state index contributed by atoms with van der Waals surface area (Å²) in [4.78, 5) is 25.2. The molecule has 0 spiro atoms. The molecular formula is C20H22ClN3O4. The molecule has 0 unspecified atom stereocenters. The average Bonchev–Trinajstić information content (AvgIpc) is 2.68. The van der Waals surface area contributed by atoms with Crippen molar-refractivity contribution in [2.75, 3.05) is 27.3 Å². The Labute approximate surface area is 168 Å². The minimum Gasteiger partial charge on any atom is -0.490 e. The van der Waals surface area contributed by atoms with Crippen LogP contribution in [0, 0.1) is 0 Å². The molecule has 2 rings (SSSR count). The number of ether oxygens (including phenoxy) is 2. The van der Waals surface area contributed by atoms with Gasteiger partial charge in [-0.2, -0.15) is 5.10 Å². The molecule has 1 N–H and O–H groups in total. The summed E-state index contributed by atoms with van der Waals surface area (Å²) in [7, 11) is 3.28. The van der Waals surface area contributed by atoms with Crippen molar-refractivity contribution in [3.05, 3.63) is 58.6 Å². The number of halogens is 1. The zero-order valence-electron chi connectivity index (χ0n) is 15.9. The molecule has 0 aliphatic rings. The van der Waals surface area contributed by atoms with E-state index in [0.717, 1.165) is 0 Å². The molecular weight excluding hydrogens is 382 g/mol. The van der Waals surface area contributed by atoms with E-state index in [9.17, 15) is 9.59 Å². The maximum absolute atomic E-state index is 12.0. The summed E-state index contributed by atoms with van der Waals surface area (Å²) in [5, 5.41) is 4.22. The monoisotopic (exact) mass is 403 g/mol. The van der Waals surface area contributed by atoms with Crippen LogP contribution in [0.3, 0.4) is 0 Å². The molecule has 2 aromatic carbocycles. The Bertz CT molecular complexity index is 854. The highest BCUT2D eigenvalue weighted by Gasteiger charge is 2.14. The predicted octanol–water partition coefficient (Wildman–Crippen LogP) is 2.97. The second-order valence-corrected chi connectivity index (χ2v) is 6.31. The summed E-state index contributed by atoms with van der Waals surface area (Å²) in [6.07, 6.45) is 1.45. The minimum atomic E-state index is -0.324. The molecule has 2 aromatic rings. The summed E-state index contributed by atoms with van der Waals surface area (Å²) in [5.74, 6) is 0.143. The number of hydrogen-bond donors (Lipinski definition) is 1. The van der Waals surface area contributed by atoms with Crippen LogP contribution in [0.25, 0.3) is 0 Å². The lowest BCUT2D eigenvalue weighted by Crippen LogP contribution is -2.27. The second kappa shape index (κ2) is 10.3. The van der Waals surface area contributed by atoms with Gasteiger partial charge in [-0.1, -0.05) is 29.8 Å². The van der Waals surface area contributed by atoms with Crippen molar-refractivity contribution in [2.24, 2.45) is 5.10 Å². The number of benzene rings is 2. The number of amides is 2. The van der Waals surface area contributed by atoms with Crippen LogP contribution in [0.2, 0.25) is 5.02 Å². The summed E-state index contributed by atoms with van der Waals surface area (Å²) in [6.45, 7) is 2.05. The largest absolute Gasteiger partial charge is 0.490 e. The third-order valence-corrected chi connectivity index (χ3v) is 3.87. The molecule has 148 valence electrons. The molecule has 8 heteroatoms. The Morgan fingerprint density at radius 3 is 2.54 bits per heavy atom. The first-order chi connectivity index (χ1) is 13.4. The first-order valence-electron chi connectivity index (χ1n) is 8.60. The summed E-state index contributed by atoms with van der Waals surface area (Å²) >= 11 is 6.29. The number of rotatable bonds is 8. The Morgan fingerprint density at radius 2 is 1.89 bits per heavy atom. The smallest absolute Gasteiger partial charge is 0.271 e. The van der Waals surface area contributed by atoms with E-state index in [1.807, 2.05) is 13.0 Å². The van der Waals surface area contributed by atoms with Gasteiger partial charge in [0, 0.05) is 19.7 Å². The van der Waals surface area contributed by atoms with Crippen molar-refractivity contribution < 1.29 is 19.1 Å². The number of carbonyl (C=O) groups is 2. The van der Waals surface area contributed by atoms with Crippen LogP contribution in [0.5, 0.6) is 11.5 Å². The Balaban J connectivity index is 2.12. The highest BCUT2D eigenvalue weighted by Crippen LogP contribution is 2.36. The van der Waals surface area contributed by atoms with E-state index >= 15 is 0 Å². The molecule has 0 bridgehead atoms. The fourth-order valence-electron chi connectivity index (χ4n) is 2.15. The number of hydrazone groups is 1. The fraction of sp³-hybridized carbons (Fsp3) is 0.250. The molecule has 0 atom stereocenters. The van der Waals surface area contributed by atoms with E-state index in [1.165, 1.54) is 11.1 Å². The highest BCUT2D eigenvalue weighted by molar-refractivity contribution is 6.32. The van der Waals surface area contributed by atoms with Crippen molar-refractivity contribution in [2.45, 2.75) is 6.92 Å². The third-order valence-electron chi connectivity index (χ3n) is 3.59. The van der Waals surface area contributed by atoms with Gasteiger partial charge in [0.25, 0.3) is 11.8 Å². The first kappa shape index (κ1) is 21.2. The lowest BCUT2D eigenvalue weighted by Gasteiger charge is -2.16. The van der Waals surface area contributed by atoms with E-state index in [0.29, 0.717) is 23.5 Å². The first-order valence-corrected chi connectivity index (χ1v) is 8.98. The summed E-state index contributed by atoms with van der Waals surface area (Å²) < 4.78 is 11.1. The van der Waals surface area contributed by atoms with E-state index in [1.54, 1.807) is 50.5 Å². The van der Waals surface area contributed by atoms with Gasteiger partial charge < -0.3 is 14.4 Å². The van der Waals surface area contributed by atoms with Gasteiger partial charge in [0.05, 0.1) is 17.8 Å². The molecule has 0 heterocycles. The van der Waals surface area contributed by atoms with Crippen LogP contribution >= 0.6 is 11.6 Å². The third kappa shape index (κ3) is 5.99. The van der Waals surface area contributed by atoms with Crippen LogP contribution in [-0.2, 0) is 4.79 Å². The summed E-state index contributed by atoms with van der Waals surface area (Å²) in [6, 6.07) is 12.0. The van der Waals surface area contributed by atoms with Crippen molar-refractivity contribution in [1.82, 2.24) is 10.3 Å². The quantitative estimate of drug-likeness (QED) is 0.542. The van der Waals surface area contributed by atoms with Gasteiger partial charge in [0.2, 0.25) is 0 Å². The molecule has 0 saturated heterocycles. The van der Waals surface area contributed by atoms with E-state index in [-0.39, 0.29) is 29.2 Å². The lowest BCUT2D eigenvalue weighted by molar-refractivity contribution is -0.130. The SMILES string of the molecule is CCOc1cc(/C=N\NC(=O)c2ccccc2)cc(Cl)c1OCC(=O)N(C)C. The zero-order valence-corrected chi connectivity index (χ0v) is 16.7. The molecule has 28 heavy (non-hydrogen) atoms. The van der Waals surface area contributed by atoms with Gasteiger partial charge >= 0.3 is 0 Å². The van der Waals surface area contributed by atoms with Crippen molar-refractivity contribution >= 4 is 29.6 Å². The van der Waals surface area contributed by atoms with Crippen LogP contribution in [0.1, 0.15) is 22.8 Å². The number of nitrogens with zero attached hydrogens (tertiary/aromatic N) is 2. The molecule has 0 fully saturated rings. The van der Waals surface area contributed by atoms with Crippen LogP contribution in [0.15, 0.2) is 47.6 Å². The van der Waals surface area contributed by atoms with Crippen molar-refractivity contribution in [3.8, 4) is 11.5 Å². The van der Waals surface area contributed by atoms with E-state index < -0.39 is 0 Å². The molecule has 0 aromatic heterocycles. The Kier molecular flexibility index (Phi) is 7.83. The number of likely N-dealkylation sites (N-methyl/N-ethyl adjacent to an activating group) is 1. The maximum atomic E-state index is 12.0. The van der Waals surface area contributed by atoms with Gasteiger partial charge in [0.1, 0.15) is 0 Å². The molecule has 2 amide bonds. The fourth-order valence-corrected chi connectivity index (χ4v) is 2.42. The Morgan fingerprint density at radius 1 is 1.18 bits per heavy atom.